The van der Waals surface area contributed by atoms with E-state index in [0.29, 0.717) is 19.8 Å². The molecule has 1 unspecified atom stereocenters. The molecule has 1 atom stereocenters. The molecule has 0 N–H and O–H groups in total. The zero-order chi connectivity index (χ0) is 22.8. The van der Waals surface area contributed by atoms with E-state index in [1.807, 2.05) is 20.8 Å². The van der Waals surface area contributed by atoms with E-state index in [0.717, 1.165) is 18.8 Å². The molecule has 0 aromatic heterocycles. The second-order valence-corrected chi connectivity index (χ2v) is 9.17. The minimum atomic E-state index is -0.828. The molecule has 0 aromatic rings. The highest BCUT2D eigenvalue weighted by atomic mass is 16.9. The van der Waals surface area contributed by atoms with E-state index in [9.17, 15) is 0 Å². The summed E-state index contributed by atoms with van der Waals surface area (Å²) in [7, 11) is 0. The summed E-state index contributed by atoms with van der Waals surface area (Å²) in [5, 5.41) is 0. The van der Waals surface area contributed by atoms with Gasteiger partial charge >= 0.3 is 0 Å². The van der Waals surface area contributed by atoms with E-state index in [1.54, 1.807) is 0 Å². The normalized spacial score (nSPS) is 18.7. The first-order valence-corrected chi connectivity index (χ1v) is 13.3. The topological polar surface area (TPSA) is 27.7 Å². The van der Waals surface area contributed by atoms with Crippen LogP contribution in [0.4, 0.5) is 0 Å². The molecular formula is C28H52O3. The molecule has 0 bridgehead atoms. The van der Waals surface area contributed by atoms with E-state index in [4.69, 9.17) is 14.2 Å². The van der Waals surface area contributed by atoms with Crippen LogP contribution in [-0.2, 0) is 14.2 Å². The van der Waals surface area contributed by atoms with Gasteiger partial charge in [0, 0.05) is 31.7 Å². The van der Waals surface area contributed by atoms with Gasteiger partial charge in [0.2, 0.25) is 0 Å². The fourth-order valence-corrected chi connectivity index (χ4v) is 5.30. The molecule has 3 nitrogen and oxygen atoms in total. The SMILES string of the molecule is C=CC1(C=C)CCCCC1CCCCCCCCCCCC(OCC)(OCC)OCC. The zero-order valence-electron chi connectivity index (χ0n) is 21.1. The lowest BCUT2D eigenvalue weighted by molar-refractivity contribution is -0.380. The molecule has 1 saturated carbocycles. The maximum Gasteiger partial charge on any atom is 0.282 e. The summed E-state index contributed by atoms with van der Waals surface area (Å²) in [5.74, 6) is -0.0563. The average Bonchev–Trinajstić information content (AvgIpc) is 2.78. The Morgan fingerprint density at radius 1 is 0.742 bits per heavy atom. The largest absolute Gasteiger partial charge is 0.328 e. The van der Waals surface area contributed by atoms with Gasteiger partial charge in [-0.3, -0.25) is 0 Å². The molecule has 0 aromatic carbocycles. The minimum absolute atomic E-state index is 0.211. The van der Waals surface area contributed by atoms with Crippen molar-refractivity contribution in [2.75, 3.05) is 19.8 Å². The lowest BCUT2D eigenvalue weighted by Crippen LogP contribution is -2.39. The molecule has 1 fully saturated rings. The molecule has 3 heteroatoms. The van der Waals surface area contributed by atoms with Gasteiger partial charge in [0.15, 0.2) is 0 Å². The number of hydrogen-bond donors (Lipinski definition) is 0. The van der Waals surface area contributed by atoms with Crippen molar-refractivity contribution in [2.24, 2.45) is 11.3 Å². The van der Waals surface area contributed by atoms with Crippen molar-refractivity contribution >= 4 is 0 Å². The van der Waals surface area contributed by atoms with Crippen LogP contribution in [0.25, 0.3) is 0 Å². The first kappa shape index (κ1) is 28.4. The molecule has 1 aliphatic carbocycles. The van der Waals surface area contributed by atoms with E-state index >= 15 is 0 Å². The van der Waals surface area contributed by atoms with Crippen molar-refractivity contribution in [1.29, 1.82) is 0 Å². The lowest BCUT2D eigenvalue weighted by Gasteiger charge is -2.40. The third-order valence-electron chi connectivity index (χ3n) is 7.06. The van der Waals surface area contributed by atoms with Gasteiger partial charge in [0.05, 0.1) is 0 Å². The fourth-order valence-electron chi connectivity index (χ4n) is 5.30. The molecule has 182 valence electrons. The van der Waals surface area contributed by atoms with Gasteiger partial charge in [-0.15, -0.1) is 13.2 Å². The lowest BCUT2D eigenvalue weighted by atomic mass is 9.65. The van der Waals surface area contributed by atoms with Crippen LogP contribution in [0.3, 0.4) is 0 Å². The average molecular weight is 437 g/mol. The van der Waals surface area contributed by atoms with Crippen LogP contribution in [0.1, 0.15) is 117 Å². The maximum absolute atomic E-state index is 5.81. The van der Waals surface area contributed by atoms with Crippen LogP contribution in [0.15, 0.2) is 25.3 Å². The van der Waals surface area contributed by atoms with Crippen molar-refractivity contribution in [3.05, 3.63) is 25.3 Å². The summed E-state index contributed by atoms with van der Waals surface area (Å²) in [6.07, 6.45) is 23.7. The highest BCUT2D eigenvalue weighted by Gasteiger charge is 2.35. The smallest absolute Gasteiger partial charge is 0.282 e. The molecule has 31 heavy (non-hydrogen) atoms. The van der Waals surface area contributed by atoms with Crippen molar-refractivity contribution < 1.29 is 14.2 Å². The van der Waals surface area contributed by atoms with E-state index in [-0.39, 0.29) is 5.41 Å². The van der Waals surface area contributed by atoms with Gasteiger partial charge < -0.3 is 14.2 Å². The molecule has 0 radical (unpaired) electrons. The summed E-state index contributed by atoms with van der Waals surface area (Å²) >= 11 is 0. The molecule has 0 spiro atoms. The Morgan fingerprint density at radius 3 is 1.71 bits per heavy atom. The molecule has 0 saturated heterocycles. The van der Waals surface area contributed by atoms with E-state index in [2.05, 4.69) is 25.3 Å². The van der Waals surface area contributed by atoms with Gasteiger partial charge in [-0.25, -0.2) is 0 Å². The van der Waals surface area contributed by atoms with Crippen molar-refractivity contribution in [3.8, 4) is 0 Å². The summed E-state index contributed by atoms with van der Waals surface area (Å²) in [4.78, 5) is 0. The fraction of sp³-hybridized carbons (Fsp3) is 0.857. The predicted octanol–water partition coefficient (Wildman–Crippen LogP) is 8.59. The molecule has 0 amide bonds. The van der Waals surface area contributed by atoms with Crippen molar-refractivity contribution in [2.45, 2.75) is 123 Å². The number of allylic oxidation sites excluding steroid dienone is 2. The van der Waals surface area contributed by atoms with Crippen molar-refractivity contribution in [1.82, 2.24) is 0 Å². The summed E-state index contributed by atoms with van der Waals surface area (Å²) < 4.78 is 17.4. The first-order chi connectivity index (χ1) is 15.1. The second kappa shape index (κ2) is 16.9. The first-order valence-electron chi connectivity index (χ1n) is 13.3. The molecule has 1 rings (SSSR count). The summed E-state index contributed by atoms with van der Waals surface area (Å²) in [6, 6.07) is 0. The van der Waals surface area contributed by atoms with Gasteiger partial charge in [0.1, 0.15) is 0 Å². The number of hydrogen-bond acceptors (Lipinski definition) is 3. The third-order valence-corrected chi connectivity index (χ3v) is 7.06. The number of ether oxygens (including phenoxy) is 3. The predicted molar refractivity (Wildman–Crippen MR) is 133 cm³/mol. The molecular weight excluding hydrogens is 384 g/mol. The van der Waals surface area contributed by atoms with Crippen LogP contribution < -0.4 is 0 Å². The summed E-state index contributed by atoms with van der Waals surface area (Å²) in [6.45, 7) is 16.1. The van der Waals surface area contributed by atoms with Gasteiger partial charge in [0.25, 0.3) is 5.97 Å². The Hall–Kier alpha value is -0.640. The number of rotatable bonds is 20. The summed E-state index contributed by atoms with van der Waals surface area (Å²) in [5.41, 5.74) is 0.211. The van der Waals surface area contributed by atoms with Gasteiger partial charge in [-0.2, -0.15) is 0 Å². The molecule has 0 aliphatic heterocycles. The Balaban J connectivity index is 2.08. The highest BCUT2D eigenvalue weighted by molar-refractivity contribution is 5.11. The molecule has 0 heterocycles. The van der Waals surface area contributed by atoms with Gasteiger partial charge in [-0.1, -0.05) is 76.4 Å². The van der Waals surface area contributed by atoms with E-state index in [1.165, 1.54) is 83.5 Å². The van der Waals surface area contributed by atoms with Crippen LogP contribution in [0.5, 0.6) is 0 Å². The van der Waals surface area contributed by atoms with Gasteiger partial charge in [-0.05, 0) is 52.4 Å². The monoisotopic (exact) mass is 436 g/mol. The van der Waals surface area contributed by atoms with Crippen molar-refractivity contribution in [3.63, 3.8) is 0 Å². The Bertz CT molecular complexity index is 434. The number of unbranched alkanes of at least 4 members (excludes halogenated alkanes) is 8. The standard InChI is InChI=1S/C28H52O3/c1-6-27(7-2)24-21-19-23-26(27)22-18-16-14-12-11-13-15-17-20-25-28(29-8-3,30-9-4)31-10-5/h6-7,26H,1-2,8-25H2,3-5H3. The van der Waals surface area contributed by atoms with Crippen LogP contribution >= 0.6 is 0 Å². The Labute approximate surface area is 194 Å². The van der Waals surface area contributed by atoms with E-state index < -0.39 is 5.97 Å². The Morgan fingerprint density at radius 2 is 1.23 bits per heavy atom. The maximum atomic E-state index is 5.81. The Kier molecular flexibility index (Phi) is 15.5. The minimum Gasteiger partial charge on any atom is -0.328 e. The molecule has 1 aliphatic rings. The van der Waals surface area contributed by atoms with Crippen LogP contribution in [0, 0.1) is 11.3 Å². The third kappa shape index (κ3) is 10.2. The highest BCUT2D eigenvalue weighted by Crippen LogP contribution is 2.45. The second-order valence-electron chi connectivity index (χ2n) is 9.17. The van der Waals surface area contributed by atoms with Crippen LogP contribution in [-0.4, -0.2) is 25.8 Å². The van der Waals surface area contributed by atoms with Crippen LogP contribution in [0.2, 0.25) is 0 Å². The zero-order valence-corrected chi connectivity index (χ0v) is 21.1. The quantitative estimate of drug-likeness (QED) is 0.109.